The molecule has 6 heteroatoms. The fraction of sp³-hybridized carbons (Fsp3) is 0.750. The molecule has 0 aromatic carbocycles. The highest BCUT2D eigenvalue weighted by Gasteiger charge is 2.12. The smallest absolute Gasteiger partial charge is 0.321 e. The average Bonchev–Trinajstić information content (AvgIpc) is 2.13. The van der Waals surface area contributed by atoms with Crippen molar-refractivity contribution in [3.05, 3.63) is 0 Å². The SMILES string of the molecule is CNC(=O)NC(=O)CSC(C)C(C)O. The van der Waals surface area contributed by atoms with Crippen LogP contribution in [-0.2, 0) is 4.79 Å². The number of carbonyl (C=O) groups excluding carboxylic acids is 2. The molecule has 14 heavy (non-hydrogen) atoms. The van der Waals surface area contributed by atoms with Gasteiger partial charge in [-0.2, -0.15) is 0 Å². The first-order valence-electron chi connectivity index (χ1n) is 4.28. The molecule has 3 N–H and O–H groups in total. The van der Waals surface area contributed by atoms with Gasteiger partial charge in [0.2, 0.25) is 5.91 Å². The number of thioether (sulfide) groups is 1. The molecular weight excluding hydrogens is 204 g/mol. The highest BCUT2D eigenvalue weighted by molar-refractivity contribution is 8.00. The number of carbonyl (C=O) groups is 2. The quantitative estimate of drug-likeness (QED) is 0.620. The van der Waals surface area contributed by atoms with Gasteiger partial charge in [0.15, 0.2) is 0 Å². The number of hydrogen-bond acceptors (Lipinski definition) is 4. The Morgan fingerprint density at radius 3 is 2.43 bits per heavy atom. The van der Waals surface area contributed by atoms with Crippen molar-refractivity contribution >= 4 is 23.7 Å². The van der Waals surface area contributed by atoms with Crippen LogP contribution in [0.1, 0.15) is 13.8 Å². The molecule has 2 unspecified atom stereocenters. The van der Waals surface area contributed by atoms with Crippen LogP contribution in [0.5, 0.6) is 0 Å². The number of aliphatic hydroxyl groups is 1. The van der Waals surface area contributed by atoms with Crippen LogP contribution in [0.15, 0.2) is 0 Å². The summed E-state index contributed by atoms with van der Waals surface area (Å²) in [6.07, 6.45) is -0.465. The molecule has 0 aromatic heterocycles. The second kappa shape index (κ2) is 6.67. The van der Waals surface area contributed by atoms with E-state index in [9.17, 15) is 9.59 Å². The van der Waals surface area contributed by atoms with E-state index in [0.29, 0.717) is 0 Å². The van der Waals surface area contributed by atoms with Gasteiger partial charge in [0.05, 0.1) is 11.9 Å². The van der Waals surface area contributed by atoms with Gasteiger partial charge in [0, 0.05) is 12.3 Å². The third-order valence-corrected chi connectivity index (χ3v) is 2.99. The topological polar surface area (TPSA) is 78.4 Å². The highest BCUT2D eigenvalue weighted by atomic mass is 32.2. The van der Waals surface area contributed by atoms with Crippen molar-refractivity contribution in [3.8, 4) is 0 Å². The molecule has 0 aliphatic carbocycles. The Labute approximate surface area is 87.6 Å². The van der Waals surface area contributed by atoms with Crippen molar-refractivity contribution in [2.24, 2.45) is 0 Å². The maximum atomic E-state index is 11.1. The number of urea groups is 1. The number of hydrogen-bond donors (Lipinski definition) is 3. The van der Waals surface area contributed by atoms with Crippen LogP contribution in [0.25, 0.3) is 0 Å². The lowest BCUT2D eigenvalue weighted by Crippen LogP contribution is -2.38. The minimum absolute atomic E-state index is 0.0227. The zero-order valence-corrected chi connectivity index (χ0v) is 9.35. The molecule has 2 atom stereocenters. The Hall–Kier alpha value is -0.750. The minimum Gasteiger partial charge on any atom is -0.392 e. The van der Waals surface area contributed by atoms with Crippen LogP contribution in [0, 0.1) is 0 Å². The van der Waals surface area contributed by atoms with Crippen molar-refractivity contribution in [2.75, 3.05) is 12.8 Å². The maximum Gasteiger partial charge on any atom is 0.321 e. The Morgan fingerprint density at radius 1 is 1.43 bits per heavy atom. The second-order valence-corrected chi connectivity index (χ2v) is 4.25. The Bertz CT molecular complexity index is 209. The van der Waals surface area contributed by atoms with E-state index in [4.69, 9.17) is 5.11 Å². The van der Waals surface area contributed by atoms with Crippen LogP contribution in [0.4, 0.5) is 4.79 Å². The zero-order chi connectivity index (χ0) is 11.1. The van der Waals surface area contributed by atoms with Gasteiger partial charge < -0.3 is 10.4 Å². The van der Waals surface area contributed by atoms with E-state index >= 15 is 0 Å². The van der Waals surface area contributed by atoms with Crippen LogP contribution >= 0.6 is 11.8 Å². The summed E-state index contributed by atoms with van der Waals surface area (Å²) in [5.41, 5.74) is 0. The normalized spacial score (nSPS) is 14.3. The molecule has 0 saturated carbocycles. The lowest BCUT2D eigenvalue weighted by Gasteiger charge is -2.13. The highest BCUT2D eigenvalue weighted by Crippen LogP contribution is 2.13. The van der Waals surface area contributed by atoms with Gasteiger partial charge in [-0.1, -0.05) is 6.92 Å². The van der Waals surface area contributed by atoms with E-state index in [2.05, 4.69) is 10.6 Å². The van der Waals surface area contributed by atoms with E-state index in [0.717, 1.165) is 0 Å². The summed E-state index contributed by atoms with van der Waals surface area (Å²) >= 11 is 1.30. The number of amides is 3. The molecule has 0 fully saturated rings. The predicted octanol–water partition coefficient (Wildman–Crippen LogP) is -0.0555. The number of nitrogens with one attached hydrogen (secondary N) is 2. The van der Waals surface area contributed by atoms with Gasteiger partial charge in [-0.25, -0.2) is 4.79 Å². The lowest BCUT2D eigenvalue weighted by molar-refractivity contribution is -0.117. The van der Waals surface area contributed by atoms with Crippen LogP contribution in [-0.4, -0.2) is 41.2 Å². The Morgan fingerprint density at radius 2 is 2.00 bits per heavy atom. The summed E-state index contributed by atoms with van der Waals surface area (Å²) < 4.78 is 0. The summed E-state index contributed by atoms with van der Waals surface area (Å²) in [6.45, 7) is 3.48. The second-order valence-electron chi connectivity index (χ2n) is 2.88. The molecule has 0 bridgehead atoms. The van der Waals surface area contributed by atoms with E-state index < -0.39 is 12.1 Å². The average molecular weight is 220 g/mol. The summed E-state index contributed by atoms with van der Waals surface area (Å²) in [4.78, 5) is 21.8. The molecule has 0 aliphatic rings. The summed E-state index contributed by atoms with van der Waals surface area (Å²) in [6, 6.07) is -0.514. The fourth-order valence-electron chi connectivity index (χ4n) is 0.572. The van der Waals surface area contributed by atoms with Gasteiger partial charge in [0.1, 0.15) is 0 Å². The summed E-state index contributed by atoms with van der Waals surface area (Å²) in [7, 11) is 1.44. The molecule has 0 spiro atoms. The molecule has 0 aliphatic heterocycles. The number of rotatable bonds is 4. The van der Waals surface area contributed by atoms with Crippen molar-refractivity contribution in [2.45, 2.75) is 25.2 Å². The first kappa shape index (κ1) is 13.2. The Balaban J connectivity index is 3.69. The molecule has 0 aromatic rings. The molecule has 3 amide bonds. The first-order valence-corrected chi connectivity index (χ1v) is 5.33. The monoisotopic (exact) mass is 220 g/mol. The van der Waals surface area contributed by atoms with Gasteiger partial charge >= 0.3 is 6.03 Å². The van der Waals surface area contributed by atoms with E-state index in [1.54, 1.807) is 6.92 Å². The molecule has 0 radical (unpaired) electrons. The molecule has 0 rings (SSSR count). The van der Waals surface area contributed by atoms with Crippen molar-refractivity contribution in [1.82, 2.24) is 10.6 Å². The van der Waals surface area contributed by atoms with Crippen LogP contribution in [0.3, 0.4) is 0 Å². The van der Waals surface area contributed by atoms with Gasteiger partial charge in [-0.3, -0.25) is 10.1 Å². The lowest BCUT2D eigenvalue weighted by atomic mass is 10.3. The molecule has 5 nitrogen and oxygen atoms in total. The fourth-order valence-corrected chi connectivity index (χ4v) is 1.34. The van der Waals surface area contributed by atoms with Crippen molar-refractivity contribution in [3.63, 3.8) is 0 Å². The van der Waals surface area contributed by atoms with E-state index in [1.165, 1.54) is 18.8 Å². The van der Waals surface area contributed by atoms with Gasteiger partial charge in [0.25, 0.3) is 0 Å². The third-order valence-electron chi connectivity index (χ3n) is 1.64. The van der Waals surface area contributed by atoms with Crippen LogP contribution < -0.4 is 10.6 Å². The van der Waals surface area contributed by atoms with E-state index in [-0.39, 0.29) is 16.9 Å². The maximum absolute atomic E-state index is 11.1. The van der Waals surface area contributed by atoms with Gasteiger partial charge in [-0.05, 0) is 6.92 Å². The predicted molar refractivity (Wildman–Crippen MR) is 56.2 cm³/mol. The third kappa shape index (κ3) is 5.82. The van der Waals surface area contributed by atoms with E-state index in [1.807, 2.05) is 6.92 Å². The zero-order valence-electron chi connectivity index (χ0n) is 8.53. The number of imide groups is 1. The minimum atomic E-state index is -0.514. The van der Waals surface area contributed by atoms with Crippen molar-refractivity contribution in [1.29, 1.82) is 0 Å². The van der Waals surface area contributed by atoms with Crippen molar-refractivity contribution < 1.29 is 14.7 Å². The first-order chi connectivity index (χ1) is 6.47. The standard InChI is InChI=1S/C8H16N2O3S/c1-5(11)6(2)14-4-7(12)10-8(13)9-3/h5-6,11H,4H2,1-3H3,(H2,9,10,12,13). The largest absolute Gasteiger partial charge is 0.392 e. The van der Waals surface area contributed by atoms with Gasteiger partial charge in [-0.15, -0.1) is 11.8 Å². The number of aliphatic hydroxyl groups excluding tert-OH is 1. The summed E-state index contributed by atoms with van der Waals surface area (Å²) in [5, 5.41) is 13.5. The molecule has 0 saturated heterocycles. The molecular formula is C8H16N2O3S. The van der Waals surface area contributed by atoms with Crippen LogP contribution in [0.2, 0.25) is 0 Å². The Kier molecular flexibility index (Phi) is 6.31. The molecule has 0 heterocycles. The summed E-state index contributed by atoms with van der Waals surface area (Å²) in [5.74, 6) is -0.193. The molecule has 82 valence electrons.